The van der Waals surface area contributed by atoms with Gasteiger partial charge in [0.2, 0.25) is 12.1 Å². The van der Waals surface area contributed by atoms with Crippen molar-refractivity contribution >= 4 is 17.7 Å². The summed E-state index contributed by atoms with van der Waals surface area (Å²) in [5, 5.41) is 111. The van der Waals surface area contributed by atoms with Crippen molar-refractivity contribution in [1.82, 2.24) is 0 Å². The largest absolute Gasteiger partial charge is 0.508 e. The van der Waals surface area contributed by atoms with Crippen LogP contribution in [0.15, 0.2) is 60.7 Å². The van der Waals surface area contributed by atoms with Crippen LogP contribution in [0.4, 0.5) is 0 Å². The van der Waals surface area contributed by atoms with Crippen molar-refractivity contribution in [2.75, 3.05) is 6.61 Å². The van der Waals surface area contributed by atoms with Crippen LogP contribution in [0.3, 0.4) is 0 Å². The fraction of sp³-hybridized carbons (Fsp3) is 0.182. The molecule has 51 heavy (non-hydrogen) atoms. The summed E-state index contributed by atoms with van der Waals surface area (Å²) in [6.45, 7) is -0.885. The zero-order valence-corrected chi connectivity index (χ0v) is 25.6. The Bertz CT molecular complexity index is 1940. The number of hydrogen-bond acceptors (Lipinski definition) is 18. The minimum Gasteiger partial charge on any atom is -0.508 e. The summed E-state index contributed by atoms with van der Waals surface area (Å²) in [7, 11) is 0. The molecule has 18 nitrogen and oxygen atoms in total. The van der Waals surface area contributed by atoms with Gasteiger partial charge in [0.25, 0.3) is 0 Å². The molecule has 5 rings (SSSR count). The highest BCUT2D eigenvalue weighted by molar-refractivity contribution is 6.12. The summed E-state index contributed by atoms with van der Waals surface area (Å²) >= 11 is 0. The average Bonchev–Trinajstić information content (AvgIpc) is 3.07. The molecule has 0 bridgehead atoms. The zero-order chi connectivity index (χ0) is 37.3. The van der Waals surface area contributed by atoms with Crippen LogP contribution in [0.1, 0.15) is 36.6 Å². The summed E-state index contributed by atoms with van der Waals surface area (Å²) in [5.41, 5.74) is -1.69. The second kappa shape index (κ2) is 14.1. The van der Waals surface area contributed by atoms with Crippen molar-refractivity contribution in [2.24, 2.45) is 0 Å². The number of aromatic hydroxyl groups is 9. The molecular weight excluding hydrogens is 684 g/mol. The van der Waals surface area contributed by atoms with E-state index < -0.39 is 123 Å². The molecule has 4 aromatic carbocycles. The Kier molecular flexibility index (Phi) is 9.85. The number of rotatable bonds is 9. The average molecular weight is 713 g/mol. The Labute approximate surface area is 285 Å². The van der Waals surface area contributed by atoms with Crippen LogP contribution >= 0.6 is 0 Å². The Morgan fingerprint density at radius 3 is 1.69 bits per heavy atom. The second-order valence-corrected chi connectivity index (χ2v) is 11.1. The normalized spacial score (nSPS) is 19.9. The maximum Gasteiger partial charge on any atom is 0.339 e. The van der Waals surface area contributed by atoms with Crippen LogP contribution in [0.25, 0.3) is 0 Å². The van der Waals surface area contributed by atoms with E-state index in [-0.39, 0.29) is 11.3 Å². The number of phenolic OH excluding ortho intramolecular Hbond substituents is 9. The van der Waals surface area contributed by atoms with Gasteiger partial charge in [-0.1, -0.05) is 0 Å². The highest BCUT2D eigenvalue weighted by Crippen LogP contribution is 2.39. The number of aliphatic hydroxyl groups is 2. The molecule has 1 saturated heterocycles. The van der Waals surface area contributed by atoms with E-state index in [9.17, 15) is 70.6 Å². The van der Waals surface area contributed by atoms with Crippen LogP contribution < -0.4 is 4.74 Å². The molecule has 0 saturated carbocycles. The number of carbonyl (C=O) groups is 3. The first-order valence-corrected chi connectivity index (χ1v) is 14.5. The fourth-order valence-corrected chi connectivity index (χ4v) is 4.93. The lowest BCUT2D eigenvalue weighted by Crippen LogP contribution is -2.61. The third-order valence-electron chi connectivity index (χ3n) is 7.54. The van der Waals surface area contributed by atoms with Crippen LogP contribution in [-0.4, -0.2) is 111 Å². The number of ketones is 1. The van der Waals surface area contributed by atoms with Crippen molar-refractivity contribution in [2.45, 2.75) is 30.7 Å². The topological polar surface area (TPSA) is 311 Å². The third kappa shape index (κ3) is 7.37. The molecule has 11 N–H and O–H groups in total. The third-order valence-corrected chi connectivity index (χ3v) is 7.54. The van der Waals surface area contributed by atoms with Gasteiger partial charge >= 0.3 is 11.9 Å². The highest BCUT2D eigenvalue weighted by atomic mass is 16.7. The number of ether oxygens (including phenoxy) is 4. The number of benzene rings is 4. The SMILES string of the molecule is O=C(OC[C@H]1O[C@@H](Oc2cc(O)cc(O)c2C(=O)c2ccc(O)cc2)[C@H](OC(=O)c2cc(O)c(O)c(O)c2)[C@@H](O)[C@@H]1O)c1cc(O)c(O)c(O)c1. The molecule has 0 spiro atoms. The monoisotopic (exact) mass is 712 g/mol. The van der Waals surface area contributed by atoms with E-state index in [0.717, 1.165) is 24.3 Å². The fourth-order valence-electron chi connectivity index (χ4n) is 4.93. The van der Waals surface area contributed by atoms with Crippen molar-refractivity contribution in [3.05, 3.63) is 82.9 Å². The highest BCUT2D eigenvalue weighted by Gasteiger charge is 2.49. The molecule has 1 aliphatic rings. The Morgan fingerprint density at radius 2 is 1.14 bits per heavy atom. The number of esters is 2. The van der Waals surface area contributed by atoms with E-state index >= 15 is 0 Å². The van der Waals surface area contributed by atoms with E-state index in [1.807, 2.05) is 0 Å². The molecule has 0 aliphatic carbocycles. The van der Waals surface area contributed by atoms with Crippen molar-refractivity contribution in [3.63, 3.8) is 0 Å². The molecule has 5 atom stereocenters. The standard InChI is InChI=1S/C33H28O18/c34-15-3-1-12(2-4-15)25(41)24-17(36)9-16(35)10-22(24)49-33-30(51-32(47)14-7-20(39)27(43)21(40)8-14)29(45)28(44)23(50-33)11-48-31(46)13-5-18(37)26(42)19(38)6-13/h1-10,23,28-30,33-40,42-45H,11H2/t23-,28-,29+,30-,33-/m1/s1. The van der Waals surface area contributed by atoms with E-state index in [0.29, 0.717) is 12.1 Å². The van der Waals surface area contributed by atoms with Crippen LogP contribution in [-0.2, 0) is 14.2 Å². The van der Waals surface area contributed by atoms with Gasteiger partial charge in [-0.05, 0) is 48.5 Å². The van der Waals surface area contributed by atoms with Gasteiger partial charge < -0.3 is 75.1 Å². The molecule has 0 amide bonds. The van der Waals surface area contributed by atoms with Gasteiger partial charge in [0.1, 0.15) is 53.5 Å². The predicted molar refractivity (Wildman–Crippen MR) is 165 cm³/mol. The van der Waals surface area contributed by atoms with E-state index in [4.69, 9.17) is 18.9 Å². The van der Waals surface area contributed by atoms with Crippen molar-refractivity contribution in [1.29, 1.82) is 0 Å². The lowest BCUT2D eigenvalue weighted by Gasteiger charge is -2.41. The number of carbonyl (C=O) groups excluding carboxylic acids is 3. The lowest BCUT2D eigenvalue weighted by atomic mass is 9.98. The predicted octanol–water partition coefficient (Wildman–Crippen LogP) is 1.18. The number of phenols is 9. The van der Waals surface area contributed by atoms with Gasteiger partial charge in [-0.15, -0.1) is 0 Å². The summed E-state index contributed by atoms with van der Waals surface area (Å²) < 4.78 is 21.9. The molecule has 1 aliphatic heterocycles. The molecule has 268 valence electrons. The molecule has 1 heterocycles. The van der Waals surface area contributed by atoms with Gasteiger partial charge in [0.15, 0.2) is 40.6 Å². The Hall–Kier alpha value is -6.63. The maximum atomic E-state index is 13.5. The molecule has 18 heteroatoms. The van der Waals surface area contributed by atoms with Gasteiger partial charge in [-0.25, -0.2) is 9.59 Å². The van der Waals surface area contributed by atoms with Crippen molar-refractivity contribution < 1.29 is 89.5 Å². The van der Waals surface area contributed by atoms with Gasteiger partial charge in [-0.3, -0.25) is 4.79 Å². The molecule has 0 unspecified atom stereocenters. The number of aliphatic hydroxyl groups excluding tert-OH is 2. The van der Waals surface area contributed by atoms with Crippen molar-refractivity contribution in [3.8, 4) is 57.5 Å². The minimum absolute atomic E-state index is 0.0790. The second-order valence-electron chi connectivity index (χ2n) is 11.1. The summed E-state index contributed by atoms with van der Waals surface area (Å²) in [6, 6.07) is 9.31. The van der Waals surface area contributed by atoms with Crippen LogP contribution in [0.5, 0.6) is 57.5 Å². The minimum atomic E-state index is -2.15. The van der Waals surface area contributed by atoms with Gasteiger partial charge in [-0.2, -0.15) is 0 Å². The van der Waals surface area contributed by atoms with E-state index in [1.165, 1.54) is 24.3 Å². The molecule has 4 aromatic rings. The van der Waals surface area contributed by atoms with Gasteiger partial charge in [0, 0.05) is 17.7 Å². The first-order chi connectivity index (χ1) is 24.0. The Morgan fingerprint density at radius 1 is 0.608 bits per heavy atom. The lowest BCUT2D eigenvalue weighted by molar-refractivity contribution is -0.276. The summed E-state index contributed by atoms with van der Waals surface area (Å²) in [6.07, 6.45) is -10.0. The quantitative estimate of drug-likeness (QED) is 0.0659. The Balaban J connectivity index is 1.48. The van der Waals surface area contributed by atoms with Gasteiger partial charge in [0.05, 0.1) is 11.1 Å². The van der Waals surface area contributed by atoms with E-state index in [1.54, 1.807) is 0 Å². The summed E-state index contributed by atoms with van der Waals surface area (Å²) in [4.78, 5) is 39.2. The van der Waals surface area contributed by atoms with E-state index in [2.05, 4.69) is 0 Å². The smallest absolute Gasteiger partial charge is 0.339 e. The van der Waals surface area contributed by atoms with Crippen LogP contribution in [0.2, 0.25) is 0 Å². The zero-order valence-electron chi connectivity index (χ0n) is 25.6. The maximum absolute atomic E-state index is 13.5. The van der Waals surface area contributed by atoms with Crippen LogP contribution in [0, 0.1) is 0 Å². The molecule has 0 aromatic heterocycles. The first-order valence-electron chi connectivity index (χ1n) is 14.5. The molecule has 1 fully saturated rings. The number of hydrogen-bond donors (Lipinski definition) is 11. The molecule has 0 radical (unpaired) electrons. The molecular formula is C33H28O18. The first kappa shape index (κ1) is 35.7. The summed E-state index contributed by atoms with van der Waals surface area (Å²) in [5.74, 6) is -11.3.